The highest BCUT2D eigenvalue weighted by atomic mass is 35.5. The quantitative estimate of drug-likeness (QED) is 0.695. The molecule has 0 N–H and O–H groups in total. The number of cyclic esters (lactones) is 1. The molecule has 2 aromatic rings. The lowest BCUT2D eigenvalue weighted by atomic mass is 9.89. The van der Waals surface area contributed by atoms with E-state index in [-0.39, 0.29) is 18.2 Å². The van der Waals surface area contributed by atoms with E-state index in [0.29, 0.717) is 11.4 Å². The molecule has 0 spiro atoms. The lowest BCUT2D eigenvalue weighted by molar-refractivity contribution is -0.141. The Morgan fingerprint density at radius 3 is 2.48 bits per heavy atom. The van der Waals surface area contributed by atoms with Gasteiger partial charge in [0.25, 0.3) is 0 Å². The van der Waals surface area contributed by atoms with Crippen molar-refractivity contribution in [3.63, 3.8) is 0 Å². The first-order chi connectivity index (χ1) is 12.0. The second-order valence-corrected chi connectivity index (χ2v) is 7.01. The van der Waals surface area contributed by atoms with Crippen molar-refractivity contribution in [1.29, 1.82) is 0 Å². The summed E-state index contributed by atoms with van der Waals surface area (Å²) in [5.74, 6) is -0.610. The molecular formula is C21H21ClO3. The zero-order valence-electron chi connectivity index (χ0n) is 14.2. The van der Waals surface area contributed by atoms with Gasteiger partial charge in [-0.2, -0.15) is 0 Å². The van der Waals surface area contributed by atoms with Crippen molar-refractivity contribution in [2.24, 2.45) is 5.92 Å². The van der Waals surface area contributed by atoms with Crippen molar-refractivity contribution < 1.29 is 14.3 Å². The molecule has 0 bridgehead atoms. The summed E-state index contributed by atoms with van der Waals surface area (Å²) in [6, 6.07) is 15.5. The Morgan fingerprint density at radius 2 is 1.80 bits per heavy atom. The largest absolute Gasteiger partial charge is 0.457 e. The molecule has 1 aliphatic rings. The van der Waals surface area contributed by atoms with E-state index in [1.807, 2.05) is 12.1 Å². The average Bonchev–Trinajstić information content (AvgIpc) is 2.99. The summed E-state index contributed by atoms with van der Waals surface area (Å²) in [7, 11) is 0. The standard InChI is InChI=1S/C21H21ClO3/c1-14-5-7-15(8-6-14)3-2-4-19(23)18-13-20(24)25-21(18)16-9-11-17(22)12-10-16/h5-12,18,21H,2-4,13H2,1H3/t18-,21-/m1/s1. The van der Waals surface area contributed by atoms with Crippen molar-refractivity contribution in [3.8, 4) is 0 Å². The number of rotatable bonds is 6. The Balaban J connectivity index is 1.60. The van der Waals surface area contributed by atoms with Gasteiger partial charge in [-0.1, -0.05) is 53.6 Å². The first-order valence-corrected chi connectivity index (χ1v) is 8.94. The Morgan fingerprint density at radius 1 is 1.12 bits per heavy atom. The number of Topliss-reactive ketones (excluding diaryl/α,β-unsaturated/α-hetero) is 1. The van der Waals surface area contributed by atoms with Crippen LogP contribution in [0.5, 0.6) is 0 Å². The average molecular weight is 357 g/mol. The van der Waals surface area contributed by atoms with Crippen LogP contribution in [-0.2, 0) is 20.7 Å². The fourth-order valence-corrected chi connectivity index (χ4v) is 3.33. The minimum Gasteiger partial charge on any atom is -0.457 e. The number of halogens is 1. The number of aryl methyl sites for hydroxylation is 2. The Hall–Kier alpha value is -2.13. The number of ether oxygens (including phenoxy) is 1. The van der Waals surface area contributed by atoms with Crippen LogP contribution in [0.2, 0.25) is 5.02 Å². The smallest absolute Gasteiger partial charge is 0.307 e. The second kappa shape index (κ2) is 7.83. The van der Waals surface area contributed by atoms with Crippen molar-refractivity contribution in [2.45, 2.75) is 38.7 Å². The van der Waals surface area contributed by atoms with Gasteiger partial charge in [0.2, 0.25) is 0 Å². The van der Waals surface area contributed by atoms with E-state index in [2.05, 4.69) is 31.2 Å². The molecule has 1 aliphatic heterocycles. The van der Waals surface area contributed by atoms with Gasteiger partial charge in [0.05, 0.1) is 12.3 Å². The van der Waals surface area contributed by atoms with Crippen molar-refractivity contribution in [2.75, 3.05) is 0 Å². The van der Waals surface area contributed by atoms with Gasteiger partial charge < -0.3 is 4.74 Å². The molecule has 1 saturated heterocycles. The van der Waals surface area contributed by atoms with E-state index >= 15 is 0 Å². The molecule has 0 aliphatic carbocycles. The molecular weight excluding hydrogens is 336 g/mol. The minimum atomic E-state index is -0.489. The highest BCUT2D eigenvalue weighted by Gasteiger charge is 2.40. The van der Waals surface area contributed by atoms with Crippen LogP contribution in [0.4, 0.5) is 0 Å². The van der Waals surface area contributed by atoms with Gasteiger partial charge in [0.1, 0.15) is 11.9 Å². The Kier molecular flexibility index (Phi) is 5.54. The zero-order valence-corrected chi connectivity index (χ0v) is 15.0. The maximum atomic E-state index is 12.6. The number of benzene rings is 2. The molecule has 0 saturated carbocycles. The van der Waals surface area contributed by atoms with E-state index in [9.17, 15) is 9.59 Å². The number of esters is 1. The summed E-state index contributed by atoms with van der Waals surface area (Å²) in [6.07, 6.45) is 1.77. The summed E-state index contributed by atoms with van der Waals surface area (Å²) in [6.45, 7) is 2.06. The number of hydrogen-bond donors (Lipinski definition) is 0. The molecule has 130 valence electrons. The number of hydrogen-bond acceptors (Lipinski definition) is 3. The third kappa shape index (κ3) is 4.49. The molecule has 3 rings (SSSR count). The molecule has 25 heavy (non-hydrogen) atoms. The van der Waals surface area contributed by atoms with Gasteiger partial charge >= 0.3 is 5.97 Å². The Labute approximate surface area is 153 Å². The van der Waals surface area contributed by atoms with Crippen LogP contribution >= 0.6 is 11.6 Å². The van der Waals surface area contributed by atoms with Gasteiger partial charge in [0, 0.05) is 11.4 Å². The van der Waals surface area contributed by atoms with Crippen LogP contribution in [0.1, 0.15) is 42.1 Å². The van der Waals surface area contributed by atoms with E-state index in [1.54, 1.807) is 12.1 Å². The molecule has 0 aromatic heterocycles. The van der Waals surface area contributed by atoms with Crippen molar-refractivity contribution >= 4 is 23.4 Å². The highest BCUT2D eigenvalue weighted by molar-refractivity contribution is 6.30. The summed E-state index contributed by atoms with van der Waals surface area (Å²) >= 11 is 5.91. The highest BCUT2D eigenvalue weighted by Crippen LogP contribution is 2.37. The van der Waals surface area contributed by atoms with Gasteiger partial charge in [0.15, 0.2) is 0 Å². The maximum absolute atomic E-state index is 12.6. The maximum Gasteiger partial charge on any atom is 0.307 e. The van der Waals surface area contributed by atoms with Crippen LogP contribution in [0.3, 0.4) is 0 Å². The number of carbonyl (C=O) groups excluding carboxylic acids is 2. The summed E-state index contributed by atoms with van der Waals surface area (Å²) < 4.78 is 5.40. The number of carbonyl (C=O) groups is 2. The first kappa shape index (κ1) is 17.7. The van der Waals surface area contributed by atoms with Crippen molar-refractivity contribution in [3.05, 3.63) is 70.2 Å². The number of ketones is 1. The van der Waals surface area contributed by atoms with Crippen molar-refractivity contribution in [1.82, 2.24) is 0 Å². The fourth-order valence-electron chi connectivity index (χ4n) is 3.20. The molecule has 2 aromatic carbocycles. The molecule has 0 unspecified atom stereocenters. The van der Waals surface area contributed by atoms with Gasteiger partial charge in [-0.3, -0.25) is 9.59 Å². The first-order valence-electron chi connectivity index (χ1n) is 8.56. The van der Waals surface area contributed by atoms with Gasteiger partial charge in [-0.25, -0.2) is 0 Å². The Bertz CT molecular complexity index is 750. The van der Waals surface area contributed by atoms with Crippen LogP contribution in [0.15, 0.2) is 48.5 Å². The molecule has 4 heteroatoms. The molecule has 2 atom stereocenters. The van der Waals surface area contributed by atoms with Gasteiger partial charge in [-0.05, 0) is 43.0 Å². The van der Waals surface area contributed by atoms with Crippen LogP contribution in [0, 0.1) is 12.8 Å². The minimum absolute atomic E-state index is 0.0953. The van der Waals surface area contributed by atoms with Crippen LogP contribution < -0.4 is 0 Å². The molecule has 1 heterocycles. The van der Waals surface area contributed by atoms with E-state index < -0.39 is 12.0 Å². The van der Waals surface area contributed by atoms with Crippen LogP contribution in [-0.4, -0.2) is 11.8 Å². The molecule has 1 fully saturated rings. The third-order valence-electron chi connectivity index (χ3n) is 4.63. The summed E-state index contributed by atoms with van der Waals surface area (Å²) in [4.78, 5) is 24.4. The predicted molar refractivity (Wildman–Crippen MR) is 97.5 cm³/mol. The molecule has 0 radical (unpaired) electrons. The molecule has 0 amide bonds. The van der Waals surface area contributed by atoms with E-state index in [0.717, 1.165) is 18.4 Å². The summed E-state index contributed by atoms with van der Waals surface area (Å²) in [5, 5.41) is 0.619. The predicted octanol–water partition coefficient (Wildman–Crippen LogP) is 4.84. The third-order valence-corrected chi connectivity index (χ3v) is 4.88. The fraction of sp³-hybridized carbons (Fsp3) is 0.333. The second-order valence-electron chi connectivity index (χ2n) is 6.58. The monoisotopic (exact) mass is 356 g/mol. The van der Waals surface area contributed by atoms with Crippen LogP contribution in [0.25, 0.3) is 0 Å². The normalized spacial score (nSPS) is 19.7. The molecule has 3 nitrogen and oxygen atoms in total. The topological polar surface area (TPSA) is 43.4 Å². The SMILES string of the molecule is Cc1ccc(CCCC(=O)[C@H]2CC(=O)O[C@@H]2c2ccc(Cl)cc2)cc1. The lowest BCUT2D eigenvalue weighted by Gasteiger charge is -2.17. The lowest BCUT2D eigenvalue weighted by Crippen LogP contribution is -2.18. The van der Waals surface area contributed by atoms with Gasteiger partial charge in [-0.15, -0.1) is 0 Å². The zero-order chi connectivity index (χ0) is 17.8. The van der Waals surface area contributed by atoms with E-state index in [4.69, 9.17) is 16.3 Å². The summed E-state index contributed by atoms with van der Waals surface area (Å²) in [5.41, 5.74) is 3.28. The van der Waals surface area contributed by atoms with E-state index in [1.165, 1.54) is 11.1 Å².